The molecule has 1 N–H and O–H groups in total. The van der Waals surface area contributed by atoms with E-state index in [2.05, 4.69) is 44.1 Å². The molecule has 1 saturated carbocycles. The third-order valence-electron chi connectivity index (χ3n) is 7.15. The molecule has 1 saturated heterocycles. The Morgan fingerprint density at radius 2 is 1.82 bits per heavy atom. The lowest BCUT2D eigenvalue weighted by Gasteiger charge is -2.53. The van der Waals surface area contributed by atoms with Gasteiger partial charge in [-0.3, -0.25) is 9.88 Å². The van der Waals surface area contributed by atoms with Gasteiger partial charge in [0.1, 0.15) is 5.60 Å². The minimum absolute atomic E-state index is 0.0962. The van der Waals surface area contributed by atoms with E-state index in [1.54, 1.807) is 6.20 Å². The van der Waals surface area contributed by atoms with Gasteiger partial charge in [0.15, 0.2) is 0 Å². The van der Waals surface area contributed by atoms with Crippen molar-refractivity contribution in [2.45, 2.75) is 45.3 Å². The van der Waals surface area contributed by atoms with Gasteiger partial charge in [0.05, 0.1) is 24.3 Å². The van der Waals surface area contributed by atoms with E-state index in [1.165, 1.54) is 10.9 Å². The molecule has 7 nitrogen and oxygen atoms in total. The van der Waals surface area contributed by atoms with Crippen LogP contribution in [0.4, 0.5) is 0 Å². The zero-order valence-electron chi connectivity index (χ0n) is 19.4. The maximum atomic E-state index is 12.2. The number of aliphatic hydroxyl groups is 1. The smallest absolute Gasteiger partial charge is 0.319 e. The summed E-state index contributed by atoms with van der Waals surface area (Å²) in [7, 11) is 0. The molecule has 0 radical (unpaired) electrons. The maximum absolute atomic E-state index is 12.2. The third-order valence-corrected chi connectivity index (χ3v) is 7.15. The zero-order chi connectivity index (χ0) is 22.8. The van der Waals surface area contributed by atoms with Crippen LogP contribution in [0.2, 0.25) is 0 Å². The molecule has 1 aliphatic carbocycles. The van der Waals surface area contributed by atoms with Crippen LogP contribution in [0.15, 0.2) is 42.7 Å². The zero-order valence-corrected chi connectivity index (χ0v) is 19.4. The second kappa shape index (κ2) is 9.23. The first-order valence-corrected chi connectivity index (χ1v) is 12.0. The van der Waals surface area contributed by atoms with Gasteiger partial charge >= 0.3 is 6.01 Å². The van der Waals surface area contributed by atoms with Crippen molar-refractivity contribution < 1.29 is 14.6 Å². The molecule has 2 fully saturated rings. The first-order chi connectivity index (χ1) is 16.1. The monoisotopic (exact) mass is 448 g/mol. The van der Waals surface area contributed by atoms with Gasteiger partial charge < -0.3 is 14.6 Å². The number of pyridine rings is 1. The second-order valence-electron chi connectivity index (χ2n) is 9.07. The van der Waals surface area contributed by atoms with Crippen molar-refractivity contribution in [3.8, 4) is 11.9 Å². The molecule has 3 heterocycles. The highest BCUT2D eigenvalue weighted by atomic mass is 16.5. The van der Waals surface area contributed by atoms with Gasteiger partial charge in [-0.05, 0) is 44.4 Å². The van der Waals surface area contributed by atoms with E-state index >= 15 is 0 Å². The van der Waals surface area contributed by atoms with Gasteiger partial charge in [-0.15, -0.1) is 0 Å². The van der Waals surface area contributed by atoms with E-state index in [0.717, 1.165) is 44.4 Å². The van der Waals surface area contributed by atoms with Crippen LogP contribution in [-0.4, -0.2) is 51.3 Å². The number of likely N-dealkylation sites (tertiary alicyclic amines) is 1. The van der Waals surface area contributed by atoms with Crippen molar-refractivity contribution >= 4 is 10.9 Å². The van der Waals surface area contributed by atoms with Crippen LogP contribution in [0.1, 0.15) is 44.2 Å². The fourth-order valence-corrected chi connectivity index (χ4v) is 5.73. The summed E-state index contributed by atoms with van der Waals surface area (Å²) in [5, 5.41) is 13.4. The van der Waals surface area contributed by atoms with E-state index in [9.17, 15) is 5.11 Å². The number of hydrogen-bond donors (Lipinski definition) is 1. The van der Waals surface area contributed by atoms with Gasteiger partial charge in [-0.25, -0.2) is 4.98 Å². The minimum Gasteiger partial charge on any atom is -0.478 e. The molecule has 33 heavy (non-hydrogen) atoms. The molecule has 0 amide bonds. The number of hydrogen-bond acceptors (Lipinski definition) is 7. The van der Waals surface area contributed by atoms with Gasteiger partial charge in [0, 0.05) is 49.2 Å². The SMILES string of the molecule is CCOc1ncc(C2(O)[C@@H]3CCC[C@@H]2CN(Cc2cccc4ncccc24)C3)c(OCC)n1. The van der Waals surface area contributed by atoms with E-state index < -0.39 is 5.60 Å². The summed E-state index contributed by atoms with van der Waals surface area (Å²) in [6, 6.07) is 10.8. The Labute approximate surface area is 194 Å². The average Bonchev–Trinajstić information content (AvgIpc) is 2.81. The average molecular weight is 449 g/mol. The highest BCUT2D eigenvalue weighted by molar-refractivity contribution is 5.81. The minimum atomic E-state index is -0.996. The lowest BCUT2D eigenvalue weighted by atomic mass is 9.63. The standard InChI is InChI=1S/C26H32N4O3/c1-3-32-24-22(14-28-25(29-24)33-4-2)26(31)19-9-6-10-20(26)17-30(16-19)15-18-8-5-12-23-21(18)11-7-13-27-23/h5,7-8,11-14,19-20,31H,3-4,6,9-10,15-17H2,1-2H3/t19-,20-/m1/s1. The molecule has 1 aromatic carbocycles. The Morgan fingerprint density at radius 3 is 2.58 bits per heavy atom. The molecule has 174 valence electrons. The predicted octanol–water partition coefficient (Wildman–Crippen LogP) is 3.94. The largest absolute Gasteiger partial charge is 0.478 e. The second-order valence-corrected chi connectivity index (χ2v) is 9.07. The normalized spacial score (nSPS) is 25.2. The Hall–Kier alpha value is -2.77. The van der Waals surface area contributed by atoms with Crippen molar-refractivity contribution in [3.05, 3.63) is 53.9 Å². The number of nitrogens with zero attached hydrogens (tertiary/aromatic N) is 4. The van der Waals surface area contributed by atoms with Crippen molar-refractivity contribution in [2.75, 3.05) is 26.3 Å². The first-order valence-electron chi connectivity index (χ1n) is 12.0. The van der Waals surface area contributed by atoms with Crippen LogP contribution < -0.4 is 9.47 Å². The molecule has 2 atom stereocenters. The molecule has 2 aliphatic rings. The fraction of sp³-hybridized carbons (Fsp3) is 0.500. The fourth-order valence-electron chi connectivity index (χ4n) is 5.73. The predicted molar refractivity (Wildman–Crippen MR) is 126 cm³/mol. The molecular formula is C26H32N4O3. The number of fused-ring (bicyclic) bond motifs is 3. The number of piperidine rings is 1. The Balaban J connectivity index is 1.44. The van der Waals surface area contributed by atoms with E-state index in [1.807, 2.05) is 26.1 Å². The molecule has 3 aromatic rings. The van der Waals surface area contributed by atoms with Gasteiger partial charge in [0.25, 0.3) is 0 Å². The van der Waals surface area contributed by atoms with Crippen LogP contribution in [-0.2, 0) is 12.1 Å². The number of rotatable bonds is 7. The summed E-state index contributed by atoms with van der Waals surface area (Å²) in [4.78, 5) is 15.9. The number of ether oxygens (including phenoxy) is 2. The number of benzene rings is 1. The summed E-state index contributed by atoms with van der Waals surface area (Å²) in [6.45, 7) is 7.28. The van der Waals surface area contributed by atoms with Crippen molar-refractivity contribution in [1.29, 1.82) is 0 Å². The molecule has 0 unspecified atom stereocenters. The molecule has 7 heteroatoms. The van der Waals surface area contributed by atoms with Crippen LogP contribution >= 0.6 is 0 Å². The van der Waals surface area contributed by atoms with Gasteiger partial charge in [0.2, 0.25) is 5.88 Å². The lowest BCUT2D eigenvalue weighted by molar-refractivity contribution is -0.149. The highest BCUT2D eigenvalue weighted by Crippen LogP contribution is 2.51. The maximum Gasteiger partial charge on any atom is 0.319 e. The van der Waals surface area contributed by atoms with Crippen LogP contribution in [0.3, 0.4) is 0 Å². The third kappa shape index (κ3) is 4.04. The van der Waals surface area contributed by atoms with Crippen molar-refractivity contribution in [2.24, 2.45) is 11.8 Å². The molecule has 2 bridgehead atoms. The summed E-state index contributed by atoms with van der Waals surface area (Å²) < 4.78 is 11.4. The van der Waals surface area contributed by atoms with Gasteiger partial charge in [-0.2, -0.15) is 4.98 Å². The topological polar surface area (TPSA) is 80.6 Å². The first kappa shape index (κ1) is 22.0. The molecule has 1 aliphatic heterocycles. The van der Waals surface area contributed by atoms with E-state index in [0.29, 0.717) is 30.7 Å². The summed E-state index contributed by atoms with van der Waals surface area (Å²) in [5.74, 6) is 0.640. The summed E-state index contributed by atoms with van der Waals surface area (Å²) in [6.07, 6.45) is 6.64. The summed E-state index contributed by atoms with van der Waals surface area (Å²) >= 11 is 0. The van der Waals surface area contributed by atoms with Crippen molar-refractivity contribution in [1.82, 2.24) is 19.9 Å². The van der Waals surface area contributed by atoms with E-state index in [4.69, 9.17) is 9.47 Å². The highest BCUT2D eigenvalue weighted by Gasteiger charge is 2.53. The number of aromatic nitrogens is 3. The molecular weight excluding hydrogens is 416 g/mol. The van der Waals surface area contributed by atoms with Crippen LogP contribution in [0.5, 0.6) is 11.9 Å². The van der Waals surface area contributed by atoms with Crippen molar-refractivity contribution in [3.63, 3.8) is 0 Å². The van der Waals surface area contributed by atoms with Crippen LogP contribution in [0, 0.1) is 11.8 Å². The van der Waals surface area contributed by atoms with E-state index in [-0.39, 0.29) is 11.8 Å². The quantitative estimate of drug-likeness (QED) is 0.586. The lowest BCUT2D eigenvalue weighted by Crippen LogP contribution is -2.58. The Morgan fingerprint density at radius 1 is 1.03 bits per heavy atom. The summed E-state index contributed by atoms with van der Waals surface area (Å²) in [5.41, 5.74) is 2.02. The Bertz CT molecular complexity index is 1100. The Kier molecular flexibility index (Phi) is 6.17. The van der Waals surface area contributed by atoms with Crippen LogP contribution in [0.25, 0.3) is 10.9 Å². The van der Waals surface area contributed by atoms with Gasteiger partial charge in [-0.1, -0.05) is 24.6 Å². The molecule has 0 spiro atoms. The molecule has 5 rings (SSSR count). The molecule has 2 aromatic heterocycles.